The Balaban J connectivity index is 2.83. The molecule has 1 heterocycles. The Morgan fingerprint density at radius 1 is 1.57 bits per heavy atom. The fourth-order valence-corrected chi connectivity index (χ4v) is 3.03. The molecule has 0 saturated heterocycles. The molecule has 1 aromatic heterocycles. The van der Waals surface area contributed by atoms with E-state index in [0.717, 1.165) is 11.4 Å². The molecule has 0 radical (unpaired) electrons. The van der Waals surface area contributed by atoms with E-state index in [-0.39, 0.29) is 0 Å². The zero-order valence-electron chi connectivity index (χ0n) is 9.07. The van der Waals surface area contributed by atoms with Crippen molar-refractivity contribution >= 4 is 34.1 Å². The Kier molecular flexibility index (Phi) is 4.07. The van der Waals surface area contributed by atoms with Crippen LogP contribution in [0.4, 0.5) is 10.8 Å². The fourth-order valence-electron chi connectivity index (χ4n) is 1.35. The highest BCUT2D eigenvalue weighted by Crippen LogP contribution is 2.36. The fraction of sp³-hybridized carbons (Fsp3) is 0.667. The van der Waals surface area contributed by atoms with Gasteiger partial charge >= 0.3 is 0 Å². The number of nitrogens with zero attached hydrogens (tertiary/aromatic N) is 2. The second-order valence-electron chi connectivity index (χ2n) is 3.68. The Labute approximate surface area is 93.8 Å². The van der Waals surface area contributed by atoms with E-state index in [9.17, 15) is 0 Å². The molecule has 5 heteroatoms. The van der Waals surface area contributed by atoms with Crippen LogP contribution in [0.3, 0.4) is 0 Å². The van der Waals surface area contributed by atoms with Crippen LogP contribution in [0.25, 0.3) is 0 Å². The summed E-state index contributed by atoms with van der Waals surface area (Å²) in [6.45, 7) is 5.45. The van der Waals surface area contributed by atoms with Gasteiger partial charge in [0.05, 0.1) is 4.90 Å². The summed E-state index contributed by atoms with van der Waals surface area (Å²) < 4.78 is 4.17. The largest absolute Gasteiger partial charge is 0.382 e. The summed E-state index contributed by atoms with van der Waals surface area (Å²) in [4.78, 5) is 3.34. The van der Waals surface area contributed by atoms with Crippen molar-refractivity contribution in [3.8, 4) is 0 Å². The predicted molar refractivity (Wildman–Crippen MR) is 66.4 cm³/mol. The third-order valence-corrected chi connectivity index (χ3v) is 3.76. The van der Waals surface area contributed by atoms with Crippen molar-refractivity contribution < 1.29 is 0 Å². The van der Waals surface area contributed by atoms with Gasteiger partial charge < -0.3 is 10.6 Å². The van der Waals surface area contributed by atoms with Crippen LogP contribution in [0, 0.1) is 5.92 Å². The lowest BCUT2D eigenvalue weighted by Gasteiger charge is -2.20. The summed E-state index contributed by atoms with van der Waals surface area (Å²) in [6, 6.07) is 0. The monoisotopic (exact) mass is 231 g/mol. The van der Waals surface area contributed by atoms with Crippen LogP contribution in [-0.4, -0.2) is 24.2 Å². The summed E-state index contributed by atoms with van der Waals surface area (Å²) in [7, 11) is 2.09. The number of nitrogens with two attached hydrogens (primary N) is 1. The lowest BCUT2D eigenvalue weighted by atomic mass is 10.2. The van der Waals surface area contributed by atoms with Crippen molar-refractivity contribution in [2.75, 3.05) is 30.5 Å². The van der Waals surface area contributed by atoms with Gasteiger partial charge in [0.15, 0.2) is 5.82 Å². The molecule has 0 fully saturated rings. The molecule has 0 amide bonds. The maximum absolute atomic E-state index is 5.77. The summed E-state index contributed by atoms with van der Waals surface area (Å²) in [5.74, 6) is 1.31. The molecule has 0 atom stereocenters. The van der Waals surface area contributed by atoms with E-state index in [4.69, 9.17) is 5.73 Å². The highest BCUT2D eigenvalue weighted by Gasteiger charge is 2.14. The SMILES string of the molecule is CSc1c(N)nsc1N(C)CC(C)C. The van der Waals surface area contributed by atoms with Crippen LogP contribution in [0.1, 0.15) is 13.8 Å². The molecular weight excluding hydrogens is 214 g/mol. The normalized spacial score (nSPS) is 10.9. The lowest BCUT2D eigenvalue weighted by Crippen LogP contribution is -2.21. The summed E-state index contributed by atoms with van der Waals surface area (Å²) in [6.07, 6.45) is 2.03. The second-order valence-corrected chi connectivity index (χ2v) is 5.25. The van der Waals surface area contributed by atoms with Crippen LogP contribution in [0.15, 0.2) is 4.90 Å². The van der Waals surface area contributed by atoms with E-state index >= 15 is 0 Å². The van der Waals surface area contributed by atoms with Crippen LogP contribution in [0.2, 0.25) is 0 Å². The average molecular weight is 231 g/mol. The smallest absolute Gasteiger partial charge is 0.153 e. The minimum atomic E-state index is 0.651. The molecule has 1 aromatic rings. The first-order chi connectivity index (χ1) is 6.56. The zero-order valence-corrected chi connectivity index (χ0v) is 10.7. The molecule has 0 aliphatic carbocycles. The van der Waals surface area contributed by atoms with E-state index in [2.05, 4.69) is 30.2 Å². The minimum Gasteiger partial charge on any atom is -0.382 e. The number of thioether (sulfide) groups is 1. The Hall–Kier alpha value is -0.420. The molecule has 2 N–H and O–H groups in total. The highest BCUT2D eigenvalue weighted by molar-refractivity contribution is 7.99. The molecule has 0 unspecified atom stereocenters. The summed E-state index contributed by atoms with van der Waals surface area (Å²) >= 11 is 3.15. The van der Waals surface area contributed by atoms with E-state index in [1.807, 2.05) is 6.26 Å². The molecule has 0 aliphatic heterocycles. The van der Waals surface area contributed by atoms with Crippen molar-refractivity contribution in [2.24, 2.45) is 5.92 Å². The summed E-state index contributed by atoms with van der Waals surface area (Å²) in [5.41, 5.74) is 5.77. The first kappa shape index (κ1) is 11.7. The number of rotatable bonds is 4. The van der Waals surface area contributed by atoms with Crippen molar-refractivity contribution in [3.63, 3.8) is 0 Å². The van der Waals surface area contributed by atoms with Crippen LogP contribution in [0.5, 0.6) is 0 Å². The van der Waals surface area contributed by atoms with E-state index in [1.54, 1.807) is 11.8 Å². The second kappa shape index (κ2) is 4.89. The molecule has 0 saturated carbocycles. The zero-order chi connectivity index (χ0) is 10.7. The quantitative estimate of drug-likeness (QED) is 0.809. The molecule has 0 aromatic carbocycles. The van der Waals surface area contributed by atoms with Gasteiger partial charge in [-0.3, -0.25) is 0 Å². The molecule has 14 heavy (non-hydrogen) atoms. The number of aromatic nitrogens is 1. The Morgan fingerprint density at radius 3 is 2.71 bits per heavy atom. The molecule has 80 valence electrons. The van der Waals surface area contributed by atoms with Gasteiger partial charge in [0.25, 0.3) is 0 Å². The maximum atomic E-state index is 5.77. The van der Waals surface area contributed by atoms with E-state index < -0.39 is 0 Å². The molecular formula is C9H17N3S2. The number of hydrogen-bond donors (Lipinski definition) is 1. The van der Waals surface area contributed by atoms with Gasteiger partial charge in [0.2, 0.25) is 0 Å². The van der Waals surface area contributed by atoms with Gasteiger partial charge in [0, 0.05) is 13.6 Å². The summed E-state index contributed by atoms with van der Waals surface area (Å²) in [5, 5.41) is 1.18. The first-order valence-electron chi connectivity index (χ1n) is 4.56. The molecule has 0 aliphatic rings. The third-order valence-electron chi connectivity index (χ3n) is 1.85. The Bertz CT molecular complexity index is 296. The number of hydrogen-bond acceptors (Lipinski definition) is 5. The third kappa shape index (κ3) is 2.54. The van der Waals surface area contributed by atoms with Crippen molar-refractivity contribution in [1.82, 2.24) is 4.37 Å². The molecule has 3 nitrogen and oxygen atoms in total. The highest BCUT2D eigenvalue weighted by atomic mass is 32.2. The standard InChI is InChI=1S/C9H17N3S2/c1-6(2)5-12(3)9-7(13-4)8(10)11-14-9/h6H,5H2,1-4H3,(H2,10,11). The van der Waals surface area contributed by atoms with Gasteiger partial charge in [0.1, 0.15) is 5.00 Å². The first-order valence-corrected chi connectivity index (χ1v) is 6.56. The van der Waals surface area contributed by atoms with Gasteiger partial charge in [-0.05, 0) is 23.7 Å². The van der Waals surface area contributed by atoms with Crippen molar-refractivity contribution in [1.29, 1.82) is 0 Å². The predicted octanol–water partition coefficient (Wildman–Crippen LogP) is 2.54. The van der Waals surface area contributed by atoms with Crippen LogP contribution in [-0.2, 0) is 0 Å². The van der Waals surface area contributed by atoms with E-state index in [0.29, 0.717) is 11.7 Å². The van der Waals surface area contributed by atoms with Gasteiger partial charge in [-0.15, -0.1) is 11.8 Å². The maximum Gasteiger partial charge on any atom is 0.153 e. The topological polar surface area (TPSA) is 42.1 Å². The van der Waals surface area contributed by atoms with Gasteiger partial charge in [-0.2, -0.15) is 4.37 Å². The van der Waals surface area contributed by atoms with Crippen molar-refractivity contribution in [2.45, 2.75) is 18.7 Å². The van der Waals surface area contributed by atoms with Crippen LogP contribution >= 0.6 is 23.3 Å². The lowest BCUT2D eigenvalue weighted by molar-refractivity contribution is 0.639. The molecule has 0 bridgehead atoms. The Morgan fingerprint density at radius 2 is 2.21 bits per heavy atom. The van der Waals surface area contributed by atoms with Gasteiger partial charge in [-0.25, -0.2) is 0 Å². The number of nitrogen functional groups attached to an aromatic ring is 1. The number of anilines is 2. The molecule has 0 spiro atoms. The average Bonchev–Trinajstić information content (AvgIpc) is 2.45. The van der Waals surface area contributed by atoms with Crippen LogP contribution < -0.4 is 10.6 Å². The van der Waals surface area contributed by atoms with Gasteiger partial charge in [-0.1, -0.05) is 13.8 Å². The minimum absolute atomic E-state index is 0.651. The van der Waals surface area contributed by atoms with E-state index in [1.165, 1.54) is 16.5 Å². The van der Waals surface area contributed by atoms with Crippen molar-refractivity contribution in [3.05, 3.63) is 0 Å². The molecule has 1 rings (SSSR count).